The summed E-state index contributed by atoms with van der Waals surface area (Å²) in [7, 11) is 1.78. The number of anilines is 1. The van der Waals surface area contributed by atoms with Gasteiger partial charge in [0, 0.05) is 19.3 Å². The van der Waals surface area contributed by atoms with E-state index >= 15 is 0 Å². The molecule has 1 heterocycles. The van der Waals surface area contributed by atoms with Crippen LogP contribution < -0.4 is 4.90 Å². The predicted octanol–water partition coefficient (Wildman–Crippen LogP) is 4.38. The summed E-state index contributed by atoms with van der Waals surface area (Å²) in [6.07, 6.45) is 0. The number of hydrogen-bond donors (Lipinski definition) is 0. The van der Waals surface area contributed by atoms with Gasteiger partial charge in [-0.05, 0) is 51.1 Å². The molecule has 0 saturated heterocycles. The molecule has 0 fully saturated rings. The Morgan fingerprint density at radius 2 is 1.90 bits per heavy atom. The molecule has 1 aromatic heterocycles. The Morgan fingerprint density at radius 3 is 2.55 bits per heavy atom. The summed E-state index contributed by atoms with van der Waals surface area (Å²) in [5.74, 6) is -0.356. The number of carbonyl (C=O) groups is 2. The number of para-hydroxylation sites is 1. The van der Waals surface area contributed by atoms with E-state index in [2.05, 4.69) is 9.55 Å². The predicted molar refractivity (Wildman–Crippen MR) is 117 cm³/mol. The highest BCUT2D eigenvalue weighted by atomic mass is 32.2. The Labute approximate surface area is 174 Å². The molecular formula is C22H25N3O3S. The fraction of sp³-hybridized carbons (Fsp3) is 0.318. The molecule has 3 aromatic rings. The minimum Gasteiger partial charge on any atom is -0.462 e. The van der Waals surface area contributed by atoms with E-state index in [9.17, 15) is 9.59 Å². The summed E-state index contributed by atoms with van der Waals surface area (Å²) < 4.78 is 7.13. The van der Waals surface area contributed by atoms with Crippen molar-refractivity contribution in [3.05, 3.63) is 54.1 Å². The van der Waals surface area contributed by atoms with Crippen LogP contribution >= 0.6 is 11.8 Å². The highest BCUT2D eigenvalue weighted by Crippen LogP contribution is 2.29. The van der Waals surface area contributed by atoms with Crippen LogP contribution in [0.4, 0.5) is 5.69 Å². The molecule has 1 atom stereocenters. The van der Waals surface area contributed by atoms with Gasteiger partial charge in [-0.1, -0.05) is 30.0 Å². The van der Waals surface area contributed by atoms with Gasteiger partial charge in [0.15, 0.2) is 5.16 Å². The first-order valence-corrected chi connectivity index (χ1v) is 10.5. The third kappa shape index (κ3) is 4.45. The summed E-state index contributed by atoms with van der Waals surface area (Å²) in [5.41, 5.74) is 2.98. The first-order valence-electron chi connectivity index (χ1n) is 9.62. The van der Waals surface area contributed by atoms with Gasteiger partial charge in [-0.3, -0.25) is 4.79 Å². The van der Waals surface area contributed by atoms with E-state index in [0.29, 0.717) is 18.7 Å². The number of thioether (sulfide) groups is 1. The molecule has 6 nitrogen and oxygen atoms in total. The first kappa shape index (κ1) is 20.9. The average molecular weight is 412 g/mol. The summed E-state index contributed by atoms with van der Waals surface area (Å²) >= 11 is 1.42. The average Bonchev–Trinajstić information content (AvgIpc) is 3.09. The summed E-state index contributed by atoms with van der Waals surface area (Å²) in [6.45, 7) is 6.74. The van der Waals surface area contributed by atoms with Crippen LogP contribution in [-0.2, 0) is 16.1 Å². The largest absolute Gasteiger partial charge is 0.462 e. The van der Waals surface area contributed by atoms with E-state index in [1.54, 1.807) is 31.0 Å². The molecule has 3 rings (SSSR count). The lowest BCUT2D eigenvalue weighted by Gasteiger charge is -2.21. The number of benzene rings is 2. The third-order valence-corrected chi connectivity index (χ3v) is 5.72. The van der Waals surface area contributed by atoms with Gasteiger partial charge in [0.25, 0.3) is 0 Å². The summed E-state index contributed by atoms with van der Waals surface area (Å²) in [6, 6.07) is 14.9. The molecule has 0 N–H and O–H groups in total. The van der Waals surface area contributed by atoms with Crippen molar-refractivity contribution in [2.24, 2.45) is 0 Å². The fourth-order valence-corrected chi connectivity index (χ4v) is 4.19. The number of nitrogens with zero attached hydrogens (tertiary/aromatic N) is 3. The second-order valence-corrected chi connectivity index (χ2v) is 7.86. The van der Waals surface area contributed by atoms with Crippen molar-refractivity contribution < 1.29 is 14.3 Å². The highest BCUT2D eigenvalue weighted by Gasteiger charge is 2.23. The van der Waals surface area contributed by atoms with Crippen LogP contribution in [0.1, 0.15) is 31.1 Å². The van der Waals surface area contributed by atoms with Gasteiger partial charge in [0.2, 0.25) is 5.91 Å². The minimum absolute atomic E-state index is 0.00289. The zero-order valence-corrected chi connectivity index (χ0v) is 17.9. The lowest BCUT2D eigenvalue weighted by atomic mass is 10.2. The number of aryl methyl sites for hydroxylation is 1. The van der Waals surface area contributed by atoms with Crippen molar-refractivity contribution >= 4 is 40.4 Å². The van der Waals surface area contributed by atoms with Gasteiger partial charge in [-0.15, -0.1) is 0 Å². The maximum atomic E-state index is 12.9. The molecule has 0 aliphatic heterocycles. The van der Waals surface area contributed by atoms with Gasteiger partial charge in [0.05, 0.1) is 28.5 Å². The van der Waals surface area contributed by atoms with Crippen LogP contribution in [0.15, 0.2) is 53.7 Å². The van der Waals surface area contributed by atoms with Gasteiger partial charge in [0.1, 0.15) is 0 Å². The highest BCUT2D eigenvalue weighted by molar-refractivity contribution is 8.00. The number of carbonyl (C=O) groups excluding carboxylic acids is 2. The quantitative estimate of drug-likeness (QED) is 0.426. The normalized spacial score (nSPS) is 12.0. The van der Waals surface area contributed by atoms with Gasteiger partial charge in [-0.25, -0.2) is 9.78 Å². The Kier molecular flexibility index (Phi) is 6.59. The molecule has 0 saturated carbocycles. The molecule has 1 unspecified atom stereocenters. The molecule has 1 amide bonds. The zero-order chi connectivity index (χ0) is 21.0. The standard InChI is InChI=1S/C22H25N3O3S/c1-5-25-19-13-12-16(21(27)28-6-2)14-18(19)23-22(25)29-15(3)20(26)24(4)17-10-8-7-9-11-17/h7-15H,5-6H2,1-4H3. The van der Waals surface area contributed by atoms with E-state index in [1.807, 2.05) is 50.2 Å². The monoisotopic (exact) mass is 411 g/mol. The summed E-state index contributed by atoms with van der Waals surface area (Å²) in [5, 5.41) is 0.442. The second kappa shape index (κ2) is 9.13. The molecule has 0 aliphatic rings. The van der Waals surface area contributed by atoms with Crippen LogP contribution in [0.3, 0.4) is 0 Å². The number of aromatic nitrogens is 2. The molecule has 2 aromatic carbocycles. The third-order valence-electron chi connectivity index (χ3n) is 4.64. The minimum atomic E-state index is -0.359. The lowest BCUT2D eigenvalue weighted by molar-refractivity contribution is -0.117. The Morgan fingerprint density at radius 1 is 1.17 bits per heavy atom. The van der Waals surface area contributed by atoms with Gasteiger partial charge < -0.3 is 14.2 Å². The topological polar surface area (TPSA) is 64.4 Å². The van der Waals surface area contributed by atoms with Crippen molar-refractivity contribution in [3.8, 4) is 0 Å². The van der Waals surface area contributed by atoms with Crippen LogP contribution in [0, 0.1) is 0 Å². The van der Waals surface area contributed by atoms with Gasteiger partial charge in [-0.2, -0.15) is 0 Å². The van der Waals surface area contributed by atoms with Crippen molar-refractivity contribution in [1.82, 2.24) is 9.55 Å². The zero-order valence-electron chi connectivity index (χ0n) is 17.1. The van der Waals surface area contributed by atoms with Crippen LogP contribution in [0.5, 0.6) is 0 Å². The van der Waals surface area contributed by atoms with E-state index in [-0.39, 0.29) is 17.1 Å². The van der Waals surface area contributed by atoms with Crippen LogP contribution in [0.25, 0.3) is 11.0 Å². The maximum absolute atomic E-state index is 12.9. The number of rotatable bonds is 7. The van der Waals surface area contributed by atoms with Crippen molar-refractivity contribution in [2.45, 2.75) is 37.7 Å². The number of imidazole rings is 1. The number of fused-ring (bicyclic) bond motifs is 1. The first-order chi connectivity index (χ1) is 14.0. The Hall–Kier alpha value is -2.80. The number of amides is 1. The van der Waals surface area contributed by atoms with Crippen molar-refractivity contribution in [2.75, 3.05) is 18.6 Å². The molecule has 0 radical (unpaired) electrons. The van der Waals surface area contributed by atoms with Gasteiger partial charge >= 0.3 is 5.97 Å². The number of hydrogen-bond acceptors (Lipinski definition) is 5. The molecule has 152 valence electrons. The van der Waals surface area contributed by atoms with E-state index in [1.165, 1.54) is 11.8 Å². The lowest BCUT2D eigenvalue weighted by Crippen LogP contribution is -2.33. The van der Waals surface area contributed by atoms with Crippen LogP contribution in [-0.4, -0.2) is 40.3 Å². The fourth-order valence-electron chi connectivity index (χ4n) is 3.10. The van der Waals surface area contributed by atoms with Crippen molar-refractivity contribution in [3.63, 3.8) is 0 Å². The molecule has 0 bridgehead atoms. The van der Waals surface area contributed by atoms with E-state index < -0.39 is 0 Å². The van der Waals surface area contributed by atoms with E-state index in [4.69, 9.17) is 4.74 Å². The second-order valence-electron chi connectivity index (χ2n) is 6.56. The molecule has 0 spiro atoms. The summed E-state index contributed by atoms with van der Waals surface area (Å²) in [4.78, 5) is 31.2. The Balaban J connectivity index is 1.85. The number of ether oxygens (including phenoxy) is 1. The molecular weight excluding hydrogens is 386 g/mol. The maximum Gasteiger partial charge on any atom is 0.338 e. The van der Waals surface area contributed by atoms with Crippen LogP contribution in [0.2, 0.25) is 0 Å². The molecule has 0 aliphatic carbocycles. The SMILES string of the molecule is CCOC(=O)c1ccc2c(c1)nc(SC(C)C(=O)N(C)c1ccccc1)n2CC. The number of esters is 1. The molecule has 7 heteroatoms. The Bertz CT molecular complexity index is 1020. The smallest absolute Gasteiger partial charge is 0.338 e. The molecule has 29 heavy (non-hydrogen) atoms. The van der Waals surface area contributed by atoms with E-state index in [0.717, 1.165) is 21.9 Å². The van der Waals surface area contributed by atoms with Crippen molar-refractivity contribution in [1.29, 1.82) is 0 Å².